The molecule has 2 atom stereocenters. The number of H-pyrrole nitrogens is 1. The first-order chi connectivity index (χ1) is 14.5. The summed E-state index contributed by atoms with van der Waals surface area (Å²) in [6.07, 6.45) is 2.57. The van der Waals surface area contributed by atoms with Crippen LogP contribution in [0.1, 0.15) is 48.1 Å². The molecule has 1 unspecified atom stereocenters. The molecule has 4 N–H and O–H groups in total. The Labute approximate surface area is 173 Å². The highest BCUT2D eigenvalue weighted by Crippen LogP contribution is 2.33. The molecule has 0 radical (unpaired) electrons. The monoisotopic (exact) mass is 415 g/mol. The third-order valence-electron chi connectivity index (χ3n) is 5.81. The van der Waals surface area contributed by atoms with Gasteiger partial charge in [-0.15, -0.1) is 0 Å². The number of anilines is 1. The molecule has 9 nitrogen and oxygen atoms in total. The first kappa shape index (κ1) is 20.2. The van der Waals surface area contributed by atoms with Crippen molar-refractivity contribution in [1.29, 1.82) is 0 Å². The number of hydrogen-bond acceptors (Lipinski definition) is 6. The van der Waals surface area contributed by atoms with E-state index in [2.05, 4.69) is 4.98 Å². The first-order valence-corrected chi connectivity index (χ1v) is 10.4. The van der Waals surface area contributed by atoms with Gasteiger partial charge in [-0.25, -0.2) is 4.79 Å². The Balaban J connectivity index is 1.58. The van der Waals surface area contributed by atoms with Gasteiger partial charge in [0.2, 0.25) is 5.78 Å². The van der Waals surface area contributed by atoms with Crippen LogP contribution in [0.25, 0.3) is 0 Å². The minimum atomic E-state index is -0.718. The summed E-state index contributed by atoms with van der Waals surface area (Å²) in [7, 11) is 0. The molecule has 0 aliphatic carbocycles. The molecular formula is C21H27N4O5+. The fraction of sp³-hybridized carbons (Fsp3) is 0.476. The standard InChI is InChI=1S/C21H26N4O5/c1-2-7-25-19(22)18(20(27)23-21(25)28)15(26)12-24-8-3-4-14(24)13-5-6-16-17(11-13)30-10-9-29-16/h5-6,11,14H,2-4,7-10,12,22H2,1H3,(H,23,27,28)/p+1/t14-/m0/s1. The van der Waals surface area contributed by atoms with Gasteiger partial charge in [0.25, 0.3) is 5.56 Å². The van der Waals surface area contributed by atoms with E-state index in [1.165, 1.54) is 4.57 Å². The lowest BCUT2D eigenvalue weighted by atomic mass is 10.0. The van der Waals surface area contributed by atoms with Gasteiger partial charge in [0.1, 0.15) is 37.2 Å². The van der Waals surface area contributed by atoms with Crippen molar-refractivity contribution in [2.24, 2.45) is 0 Å². The first-order valence-electron chi connectivity index (χ1n) is 10.4. The molecule has 1 aromatic carbocycles. The molecule has 0 amide bonds. The number of aromatic nitrogens is 2. The number of benzene rings is 1. The molecule has 0 saturated carbocycles. The van der Waals surface area contributed by atoms with Crippen molar-refractivity contribution >= 4 is 11.6 Å². The summed E-state index contributed by atoms with van der Waals surface area (Å²) < 4.78 is 12.5. The van der Waals surface area contributed by atoms with E-state index in [-0.39, 0.29) is 29.8 Å². The van der Waals surface area contributed by atoms with E-state index < -0.39 is 11.2 Å². The van der Waals surface area contributed by atoms with Crippen molar-refractivity contribution in [3.63, 3.8) is 0 Å². The second kappa shape index (κ2) is 8.35. The van der Waals surface area contributed by atoms with E-state index in [1.807, 2.05) is 25.1 Å². The minimum Gasteiger partial charge on any atom is -0.486 e. The molecule has 30 heavy (non-hydrogen) atoms. The van der Waals surface area contributed by atoms with Gasteiger partial charge in [0.15, 0.2) is 11.5 Å². The maximum absolute atomic E-state index is 13.0. The zero-order chi connectivity index (χ0) is 21.3. The van der Waals surface area contributed by atoms with E-state index in [1.54, 1.807) is 0 Å². The van der Waals surface area contributed by atoms with Gasteiger partial charge in [-0.2, -0.15) is 0 Å². The number of rotatable bonds is 6. The Hall–Kier alpha value is -3.07. The Kier molecular flexibility index (Phi) is 5.63. The number of quaternary nitrogens is 1. The summed E-state index contributed by atoms with van der Waals surface area (Å²) in [5, 5.41) is 0. The van der Waals surface area contributed by atoms with Gasteiger partial charge in [0, 0.05) is 24.9 Å². The molecule has 4 rings (SSSR count). The van der Waals surface area contributed by atoms with E-state index in [9.17, 15) is 14.4 Å². The van der Waals surface area contributed by atoms with Crippen LogP contribution in [0.3, 0.4) is 0 Å². The summed E-state index contributed by atoms with van der Waals surface area (Å²) in [6.45, 7) is 4.25. The number of fused-ring (bicyclic) bond motifs is 1. The second-order valence-corrected chi connectivity index (χ2v) is 7.78. The van der Waals surface area contributed by atoms with Gasteiger partial charge < -0.3 is 20.1 Å². The Morgan fingerprint density at radius 3 is 2.80 bits per heavy atom. The van der Waals surface area contributed by atoms with E-state index in [0.29, 0.717) is 26.2 Å². The Morgan fingerprint density at radius 2 is 2.03 bits per heavy atom. The number of nitrogens with one attached hydrogen (secondary N) is 2. The second-order valence-electron chi connectivity index (χ2n) is 7.78. The lowest BCUT2D eigenvalue weighted by Gasteiger charge is -2.24. The van der Waals surface area contributed by atoms with Crippen molar-refractivity contribution in [2.75, 3.05) is 32.0 Å². The molecule has 160 valence electrons. The zero-order valence-electron chi connectivity index (χ0n) is 17.0. The molecule has 2 aliphatic heterocycles. The zero-order valence-corrected chi connectivity index (χ0v) is 17.0. The summed E-state index contributed by atoms with van der Waals surface area (Å²) >= 11 is 0. The topological polar surface area (TPSA) is 121 Å². The fourth-order valence-electron chi connectivity index (χ4n) is 4.40. The molecule has 1 fully saturated rings. The van der Waals surface area contributed by atoms with E-state index in [4.69, 9.17) is 15.2 Å². The maximum atomic E-state index is 13.0. The number of nitrogen functional groups attached to an aromatic ring is 1. The van der Waals surface area contributed by atoms with Crippen LogP contribution in [-0.2, 0) is 6.54 Å². The number of hydrogen-bond donors (Lipinski definition) is 3. The Bertz CT molecular complexity index is 1070. The molecule has 0 spiro atoms. The van der Waals surface area contributed by atoms with Crippen molar-refractivity contribution in [3.05, 3.63) is 50.2 Å². The summed E-state index contributed by atoms with van der Waals surface area (Å²) in [6, 6.07) is 6.02. The van der Waals surface area contributed by atoms with E-state index in [0.717, 1.165) is 41.3 Å². The van der Waals surface area contributed by atoms with Crippen LogP contribution in [0.2, 0.25) is 0 Å². The molecule has 2 aromatic rings. The van der Waals surface area contributed by atoms with Gasteiger partial charge in [-0.1, -0.05) is 6.92 Å². The summed E-state index contributed by atoms with van der Waals surface area (Å²) in [5.74, 6) is 1.06. The number of ketones is 1. The number of carbonyl (C=O) groups excluding carboxylic acids is 1. The number of likely N-dealkylation sites (tertiary alicyclic amines) is 1. The molecule has 1 aromatic heterocycles. The van der Waals surface area contributed by atoms with Gasteiger partial charge in [0.05, 0.1) is 6.54 Å². The lowest BCUT2D eigenvalue weighted by molar-refractivity contribution is -0.910. The SMILES string of the molecule is CCCn1c(N)c(C(=O)C[NH+]2CCC[C@H]2c2ccc3c(c2)OCCO3)c(=O)[nH]c1=O. The van der Waals surface area contributed by atoms with Crippen LogP contribution >= 0.6 is 0 Å². The van der Waals surface area contributed by atoms with Crippen molar-refractivity contribution in [1.82, 2.24) is 9.55 Å². The smallest absolute Gasteiger partial charge is 0.329 e. The number of carbonyl (C=O) groups is 1. The maximum Gasteiger partial charge on any atom is 0.329 e. The van der Waals surface area contributed by atoms with Crippen molar-refractivity contribution in [3.8, 4) is 11.5 Å². The van der Waals surface area contributed by atoms with Crippen molar-refractivity contribution in [2.45, 2.75) is 38.8 Å². The van der Waals surface area contributed by atoms with Gasteiger partial charge >= 0.3 is 5.69 Å². The molecule has 9 heteroatoms. The van der Waals surface area contributed by atoms with Crippen LogP contribution in [0.4, 0.5) is 5.82 Å². The largest absolute Gasteiger partial charge is 0.486 e. The summed E-state index contributed by atoms with van der Waals surface area (Å²) in [4.78, 5) is 40.7. The van der Waals surface area contributed by atoms with Crippen LogP contribution < -0.4 is 31.4 Å². The highest BCUT2D eigenvalue weighted by molar-refractivity contribution is 6.00. The molecule has 3 heterocycles. The quantitative estimate of drug-likeness (QED) is 0.567. The third-order valence-corrected chi connectivity index (χ3v) is 5.81. The minimum absolute atomic E-state index is 0.0509. The number of nitrogens with two attached hydrogens (primary N) is 1. The summed E-state index contributed by atoms with van der Waals surface area (Å²) in [5.41, 5.74) is 5.71. The van der Waals surface area contributed by atoms with Gasteiger partial charge in [-0.3, -0.25) is 19.1 Å². The van der Waals surface area contributed by atoms with Crippen LogP contribution in [0.5, 0.6) is 11.5 Å². The average Bonchev–Trinajstić information content (AvgIpc) is 3.18. The number of ether oxygens (including phenoxy) is 2. The normalized spacial score (nSPS) is 20.3. The molecule has 1 saturated heterocycles. The third kappa shape index (κ3) is 3.72. The number of aromatic amines is 1. The average molecular weight is 415 g/mol. The van der Waals surface area contributed by atoms with Crippen LogP contribution in [0, 0.1) is 0 Å². The number of nitrogens with zero attached hydrogens (tertiary/aromatic N) is 1. The molecule has 0 bridgehead atoms. The predicted octanol–water partition coefficient (Wildman–Crippen LogP) is -0.0973. The van der Waals surface area contributed by atoms with Crippen LogP contribution in [0.15, 0.2) is 27.8 Å². The lowest BCUT2D eigenvalue weighted by Crippen LogP contribution is -3.11. The highest BCUT2D eigenvalue weighted by atomic mass is 16.6. The predicted molar refractivity (Wildman–Crippen MR) is 110 cm³/mol. The molecule has 2 aliphatic rings. The molecular weight excluding hydrogens is 388 g/mol. The fourth-order valence-corrected chi connectivity index (χ4v) is 4.40. The van der Waals surface area contributed by atoms with Gasteiger partial charge in [-0.05, 0) is 24.6 Å². The number of Topliss-reactive ketones (excluding diaryl/α,β-unsaturated/α-hetero) is 1. The van der Waals surface area contributed by atoms with E-state index >= 15 is 0 Å². The van der Waals surface area contributed by atoms with Crippen molar-refractivity contribution < 1.29 is 19.2 Å². The van der Waals surface area contributed by atoms with Crippen LogP contribution in [-0.4, -0.2) is 41.6 Å². The Morgan fingerprint density at radius 1 is 1.27 bits per heavy atom. The highest BCUT2D eigenvalue weighted by Gasteiger charge is 2.34.